The zero-order chi connectivity index (χ0) is 22.8. The van der Waals surface area contributed by atoms with Gasteiger partial charge in [0.1, 0.15) is 5.75 Å². The average molecular weight is 436 g/mol. The van der Waals surface area contributed by atoms with Gasteiger partial charge in [-0.05, 0) is 36.2 Å². The molecule has 0 aliphatic rings. The first kappa shape index (κ1) is 23.6. The number of carbonyl (C=O) groups excluding carboxylic acids is 3. The van der Waals surface area contributed by atoms with E-state index >= 15 is 0 Å². The largest absolute Gasteiger partial charge is 0.452 e. The summed E-state index contributed by atoms with van der Waals surface area (Å²) >= 11 is 0. The Labute approximate surface area is 177 Å². The minimum Gasteiger partial charge on any atom is -0.452 e. The van der Waals surface area contributed by atoms with Crippen molar-refractivity contribution in [2.24, 2.45) is 0 Å². The van der Waals surface area contributed by atoms with Crippen LogP contribution in [0.15, 0.2) is 48.5 Å². The van der Waals surface area contributed by atoms with Crippen molar-refractivity contribution in [2.75, 3.05) is 32.2 Å². The van der Waals surface area contributed by atoms with Crippen molar-refractivity contribution in [3.05, 3.63) is 59.7 Å². The summed E-state index contributed by atoms with van der Waals surface area (Å²) in [7, 11) is 2.66. The number of rotatable bonds is 9. The number of anilines is 1. The van der Waals surface area contributed by atoms with E-state index in [1.54, 1.807) is 30.3 Å². The number of para-hydroxylation sites is 1. The lowest BCUT2D eigenvalue weighted by atomic mass is 10.1. The third-order valence-electron chi connectivity index (χ3n) is 4.15. The van der Waals surface area contributed by atoms with Gasteiger partial charge in [0.05, 0.1) is 18.4 Å². The number of esters is 1. The summed E-state index contributed by atoms with van der Waals surface area (Å²) < 4.78 is 38.2. The van der Waals surface area contributed by atoms with E-state index < -0.39 is 31.2 Å². The molecule has 0 unspecified atom stereocenters. The van der Waals surface area contributed by atoms with Crippen LogP contribution in [0.25, 0.3) is 0 Å². The van der Waals surface area contributed by atoms with Crippen LogP contribution >= 0.6 is 0 Å². The number of alkyl halides is 2. The van der Waals surface area contributed by atoms with Gasteiger partial charge in [-0.25, -0.2) is 9.59 Å². The van der Waals surface area contributed by atoms with Crippen LogP contribution in [0.4, 0.5) is 19.3 Å². The van der Waals surface area contributed by atoms with Gasteiger partial charge in [-0.15, -0.1) is 0 Å². The van der Waals surface area contributed by atoms with Gasteiger partial charge in [0, 0.05) is 13.6 Å². The summed E-state index contributed by atoms with van der Waals surface area (Å²) in [5.41, 5.74) is 1.19. The number of hydrogen-bond donors (Lipinski definition) is 1. The molecule has 8 nitrogen and oxygen atoms in total. The number of nitrogens with zero attached hydrogens (tertiary/aromatic N) is 1. The molecule has 1 N–H and O–H groups in total. The molecule has 0 fully saturated rings. The molecule has 166 valence electrons. The molecule has 2 aromatic carbocycles. The highest BCUT2D eigenvalue weighted by molar-refractivity contribution is 6.01. The number of nitrogens with one attached hydrogen (secondary N) is 1. The molecule has 0 aromatic heterocycles. The van der Waals surface area contributed by atoms with Crippen molar-refractivity contribution < 1.29 is 37.4 Å². The number of carbonyl (C=O) groups is 3. The topological polar surface area (TPSA) is 94.2 Å². The molecular weight excluding hydrogens is 414 g/mol. The molecule has 0 saturated heterocycles. The van der Waals surface area contributed by atoms with Crippen molar-refractivity contribution in [3.8, 4) is 5.75 Å². The Hall–Kier alpha value is -3.69. The second-order valence-electron chi connectivity index (χ2n) is 6.24. The van der Waals surface area contributed by atoms with Crippen molar-refractivity contribution in [1.82, 2.24) is 5.32 Å². The Balaban J connectivity index is 1.81. The fourth-order valence-corrected chi connectivity index (χ4v) is 2.62. The molecule has 0 saturated carbocycles. The molecule has 0 aliphatic carbocycles. The first-order chi connectivity index (χ1) is 14.8. The van der Waals surface area contributed by atoms with Gasteiger partial charge in [-0.2, -0.15) is 8.78 Å². The average Bonchev–Trinajstić information content (AvgIpc) is 2.77. The van der Waals surface area contributed by atoms with Crippen molar-refractivity contribution in [1.29, 1.82) is 0 Å². The van der Waals surface area contributed by atoms with Gasteiger partial charge < -0.3 is 19.5 Å². The van der Waals surface area contributed by atoms with Crippen LogP contribution in [0, 0.1) is 0 Å². The van der Waals surface area contributed by atoms with E-state index in [1.165, 1.54) is 32.4 Å². The molecule has 2 aromatic rings. The Kier molecular flexibility index (Phi) is 8.74. The molecule has 0 bridgehead atoms. The number of benzene rings is 2. The van der Waals surface area contributed by atoms with Crippen LogP contribution in [0.1, 0.15) is 15.9 Å². The summed E-state index contributed by atoms with van der Waals surface area (Å²) in [6, 6.07) is 12.3. The number of ether oxygens (including phenoxy) is 3. The molecule has 0 aliphatic heterocycles. The maximum absolute atomic E-state index is 12.3. The van der Waals surface area contributed by atoms with Gasteiger partial charge in [-0.3, -0.25) is 9.69 Å². The highest BCUT2D eigenvalue weighted by atomic mass is 19.3. The van der Waals surface area contributed by atoms with Gasteiger partial charge in [0.25, 0.3) is 5.91 Å². The minimum absolute atomic E-state index is 0.0489. The SMILES string of the molecule is COC(=O)N(C)c1ccccc1C(=O)OCC(=O)NCCc1ccc(OC(F)F)cc1. The van der Waals surface area contributed by atoms with Crippen LogP contribution in [0.3, 0.4) is 0 Å². The van der Waals surface area contributed by atoms with E-state index in [1.807, 2.05) is 0 Å². The summed E-state index contributed by atoms with van der Waals surface area (Å²) in [5.74, 6) is -1.23. The molecule has 2 amide bonds. The molecule has 0 atom stereocenters. The summed E-state index contributed by atoms with van der Waals surface area (Å²) in [6.45, 7) is -3.13. The zero-order valence-electron chi connectivity index (χ0n) is 17.0. The predicted octanol–water partition coefficient (Wildman–Crippen LogP) is 3.01. The Bertz CT molecular complexity index is 905. The van der Waals surface area contributed by atoms with Crippen LogP contribution in [-0.4, -0.2) is 51.9 Å². The fraction of sp³-hybridized carbons (Fsp3) is 0.286. The van der Waals surface area contributed by atoms with E-state index in [4.69, 9.17) is 4.74 Å². The predicted molar refractivity (Wildman–Crippen MR) is 107 cm³/mol. The van der Waals surface area contributed by atoms with Gasteiger partial charge >= 0.3 is 18.7 Å². The molecule has 31 heavy (non-hydrogen) atoms. The monoisotopic (exact) mass is 436 g/mol. The molecule has 10 heteroatoms. The zero-order valence-corrected chi connectivity index (χ0v) is 17.0. The first-order valence-corrected chi connectivity index (χ1v) is 9.20. The Morgan fingerprint density at radius 2 is 1.74 bits per heavy atom. The Morgan fingerprint density at radius 3 is 2.39 bits per heavy atom. The summed E-state index contributed by atoms with van der Waals surface area (Å²) in [4.78, 5) is 37.1. The highest BCUT2D eigenvalue weighted by Gasteiger charge is 2.20. The van der Waals surface area contributed by atoms with E-state index in [0.717, 1.165) is 10.5 Å². The van der Waals surface area contributed by atoms with Crippen molar-refractivity contribution in [3.63, 3.8) is 0 Å². The number of halogens is 2. The lowest BCUT2D eigenvalue weighted by molar-refractivity contribution is -0.124. The maximum Gasteiger partial charge on any atom is 0.413 e. The number of amides is 2. The molecule has 0 spiro atoms. The van der Waals surface area contributed by atoms with Gasteiger partial charge in [0.15, 0.2) is 6.61 Å². The Morgan fingerprint density at radius 1 is 1.06 bits per heavy atom. The lowest BCUT2D eigenvalue weighted by Gasteiger charge is -2.18. The van der Waals surface area contributed by atoms with Crippen LogP contribution in [0.5, 0.6) is 5.75 Å². The quantitative estimate of drug-likeness (QED) is 0.608. The molecule has 0 heterocycles. The molecule has 2 rings (SSSR count). The van der Waals surface area contributed by atoms with E-state index in [-0.39, 0.29) is 23.5 Å². The van der Waals surface area contributed by atoms with E-state index in [2.05, 4.69) is 14.8 Å². The first-order valence-electron chi connectivity index (χ1n) is 9.20. The van der Waals surface area contributed by atoms with Crippen molar-refractivity contribution >= 4 is 23.7 Å². The minimum atomic E-state index is -2.89. The fourth-order valence-electron chi connectivity index (χ4n) is 2.62. The van der Waals surface area contributed by atoms with Gasteiger partial charge in [-0.1, -0.05) is 24.3 Å². The van der Waals surface area contributed by atoms with Crippen LogP contribution in [-0.2, 0) is 20.7 Å². The highest BCUT2D eigenvalue weighted by Crippen LogP contribution is 2.21. The van der Waals surface area contributed by atoms with Crippen molar-refractivity contribution in [2.45, 2.75) is 13.0 Å². The molecule has 0 radical (unpaired) electrons. The summed E-state index contributed by atoms with van der Waals surface area (Å²) in [5, 5.41) is 2.60. The van der Waals surface area contributed by atoms with E-state index in [0.29, 0.717) is 6.42 Å². The second-order valence-corrected chi connectivity index (χ2v) is 6.24. The third-order valence-corrected chi connectivity index (χ3v) is 4.15. The second kappa shape index (κ2) is 11.5. The maximum atomic E-state index is 12.3. The normalized spacial score (nSPS) is 10.4. The molecular formula is C21H22F2N2O6. The third kappa shape index (κ3) is 7.25. The van der Waals surface area contributed by atoms with Gasteiger partial charge in [0.2, 0.25) is 0 Å². The lowest BCUT2D eigenvalue weighted by Crippen LogP contribution is -2.31. The van der Waals surface area contributed by atoms with Crippen LogP contribution in [0.2, 0.25) is 0 Å². The number of hydrogen-bond acceptors (Lipinski definition) is 6. The number of methoxy groups -OCH3 is 1. The smallest absolute Gasteiger partial charge is 0.413 e. The standard InChI is InChI=1S/C21H22F2N2O6/c1-25(21(28)29-2)17-6-4-3-5-16(17)19(27)30-13-18(26)24-12-11-14-7-9-15(10-8-14)31-20(22)23/h3-10,20H,11-13H2,1-2H3,(H,24,26). The van der Waals surface area contributed by atoms with Crippen LogP contribution < -0.4 is 15.0 Å². The van der Waals surface area contributed by atoms with E-state index in [9.17, 15) is 23.2 Å². The summed E-state index contributed by atoms with van der Waals surface area (Å²) in [6.07, 6.45) is -0.215.